The Bertz CT molecular complexity index is 1020. The molecule has 2 aromatic rings. The van der Waals surface area contributed by atoms with Crippen molar-refractivity contribution in [1.82, 2.24) is 14.1 Å². The molecule has 0 radical (unpaired) electrons. The van der Waals surface area contributed by atoms with Crippen LogP contribution in [0.25, 0.3) is 0 Å². The smallest absolute Gasteiger partial charge is 0.254 e. The van der Waals surface area contributed by atoms with E-state index in [2.05, 4.69) is 24.0 Å². The van der Waals surface area contributed by atoms with Gasteiger partial charge in [0.2, 0.25) is 10.0 Å². The van der Waals surface area contributed by atoms with Gasteiger partial charge in [0.05, 0.1) is 4.90 Å². The lowest BCUT2D eigenvalue weighted by atomic mass is 9.99. The van der Waals surface area contributed by atoms with Crippen LogP contribution in [0.4, 0.5) is 0 Å². The first kappa shape index (κ1) is 23.0. The van der Waals surface area contributed by atoms with Crippen LogP contribution in [0.2, 0.25) is 0 Å². The van der Waals surface area contributed by atoms with E-state index in [1.807, 2.05) is 23.1 Å². The van der Waals surface area contributed by atoms with Crippen LogP contribution in [-0.4, -0.2) is 67.2 Å². The summed E-state index contributed by atoms with van der Waals surface area (Å²) in [6, 6.07) is 17.1. The van der Waals surface area contributed by atoms with E-state index in [9.17, 15) is 13.2 Å². The molecule has 32 heavy (non-hydrogen) atoms. The molecule has 1 atom stereocenters. The maximum Gasteiger partial charge on any atom is 0.254 e. The van der Waals surface area contributed by atoms with Crippen molar-refractivity contribution in [3.63, 3.8) is 0 Å². The van der Waals surface area contributed by atoms with Crippen LogP contribution < -0.4 is 0 Å². The van der Waals surface area contributed by atoms with Crippen molar-refractivity contribution in [1.29, 1.82) is 0 Å². The van der Waals surface area contributed by atoms with Gasteiger partial charge in [0, 0.05) is 50.9 Å². The Hall–Kier alpha value is -2.22. The molecule has 4 rings (SSSR count). The van der Waals surface area contributed by atoms with Crippen molar-refractivity contribution in [2.24, 2.45) is 0 Å². The largest absolute Gasteiger partial charge is 0.336 e. The molecule has 2 aliphatic heterocycles. The van der Waals surface area contributed by atoms with E-state index in [1.165, 1.54) is 5.56 Å². The Kier molecular flexibility index (Phi) is 7.28. The van der Waals surface area contributed by atoms with Crippen LogP contribution in [0, 0.1) is 0 Å². The quantitative estimate of drug-likeness (QED) is 0.668. The second kappa shape index (κ2) is 10.1. The second-order valence-electron chi connectivity index (χ2n) is 8.75. The average molecular weight is 456 g/mol. The fraction of sp³-hybridized carbons (Fsp3) is 0.480. The normalized spacial score (nSPS) is 20.9. The Morgan fingerprint density at radius 3 is 2.41 bits per heavy atom. The molecule has 1 unspecified atom stereocenters. The van der Waals surface area contributed by atoms with Crippen molar-refractivity contribution in [3.05, 3.63) is 65.7 Å². The highest BCUT2D eigenvalue weighted by Gasteiger charge is 2.30. The first-order chi connectivity index (χ1) is 15.5. The summed E-state index contributed by atoms with van der Waals surface area (Å²) < 4.78 is 28.2. The van der Waals surface area contributed by atoms with Crippen molar-refractivity contribution in [2.45, 2.75) is 50.1 Å². The molecule has 0 bridgehead atoms. The van der Waals surface area contributed by atoms with Gasteiger partial charge < -0.3 is 4.90 Å². The third kappa shape index (κ3) is 5.05. The van der Waals surface area contributed by atoms with E-state index in [1.54, 1.807) is 28.6 Å². The molecule has 0 aromatic heterocycles. The van der Waals surface area contributed by atoms with Crippen LogP contribution >= 0.6 is 0 Å². The maximum atomic E-state index is 13.3. The Morgan fingerprint density at radius 2 is 1.69 bits per heavy atom. The number of rotatable bonds is 6. The fourth-order valence-corrected chi connectivity index (χ4v) is 6.24. The van der Waals surface area contributed by atoms with Crippen molar-refractivity contribution >= 4 is 15.9 Å². The molecule has 0 aliphatic carbocycles. The number of sulfonamides is 1. The zero-order valence-corrected chi connectivity index (χ0v) is 19.6. The summed E-state index contributed by atoms with van der Waals surface area (Å²) in [5.74, 6) is -0.0544. The van der Waals surface area contributed by atoms with E-state index in [4.69, 9.17) is 0 Å². The molecular weight excluding hydrogens is 422 g/mol. The molecule has 2 aliphatic rings. The summed E-state index contributed by atoms with van der Waals surface area (Å²) in [5.41, 5.74) is 1.70. The minimum absolute atomic E-state index is 0.0544. The van der Waals surface area contributed by atoms with Gasteiger partial charge in [-0.05, 0) is 49.4 Å². The van der Waals surface area contributed by atoms with E-state index in [-0.39, 0.29) is 16.8 Å². The highest BCUT2D eigenvalue weighted by Crippen LogP contribution is 2.24. The molecule has 2 aromatic carbocycles. The highest BCUT2D eigenvalue weighted by atomic mass is 32.2. The Morgan fingerprint density at radius 1 is 0.938 bits per heavy atom. The number of hydrogen-bond acceptors (Lipinski definition) is 4. The summed E-state index contributed by atoms with van der Waals surface area (Å²) in [6.45, 7) is 5.98. The highest BCUT2D eigenvalue weighted by molar-refractivity contribution is 7.89. The zero-order valence-electron chi connectivity index (χ0n) is 18.8. The van der Waals surface area contributed by atoms with Crippen molar-refractivity contribution in [3.8, 4) is 0 Å². The van der Waals surface area contributed by atoms with Crippen LogP contribution in [0.1, 0.15) is 48.5 Å². The third-order valence-electron chi connectivity index (χ3n) is 6.66. The molecule has 172 valence electrons. The van der Waals surface area contributed by atoms with E-state index in [0.29, 0.717) is 31.7 Å². The molecule has 2 heterocycles. The van der Waals surface area contributed by atoms with Gasteiger partial charge in [0.25, 0.3) is 5.91 Å². The van der Waals surface area contributed by atoms with E-state index < -0.39 is 10.0 Å². The Labute approximate surface area is 191 Å². The molecular formula is C25H33N3O3S. The van der Waals surface area contributed by atoms with Gasteiger partial charge in [0.15, 0.2) is 0 Å². The lowest BCUT2D eigenvalue weighted by Crippen LogP contribution is -2.48. The number of piperazine rings is 1. The SMILES string of the molecule is CCC1CCCCN1C(=O)c1cccc(S(=O)(=O)N2CCN(Cc3ccccc3)CC2)c1. The summed E-state index contributed by atoms with van der Waals surface area (Å²) in [7, 11) is -3.63. The number of carbonyl (C=O) groups excluding carboxylic acids is 1. The fourth-order valence-electron chi connectivity index (χ4n) is 4.77. The van der Waals surface area contributed by atoms with Gasteiger partial charge in [-0.25, -0.2) is 8.42 Å². The summed E-state index contributed by atoms with van der Waals surface area (Å²) in [4.78, 5) is 17.6. The lowest BCUT2D eigenvalue weighted by molar-refractivity contribution is 0.0608. The number of amides is 1. The molecule has 7 heteroatoms. The number of hydrogen-bond donors (Lipinski definition) is 0. The second-order valence-corrected chi connectivity index (χ2v) is 10.7. The number of piperidine rings is 1. The van der Waals surface area contributed by atoms with E-state index >= 15 is 0 Å². The van der Waals surface area contributed by atoms with Crippen molar-refractivity contribution in [2.75, 3.05) is 32.7 Å². The molecule has 2 saturated heterocycles. The van der Waals surface area contributed by atoms with Gasteiger partial charge in [0.1, 0.15) is 0 Å². The minimum Gasteiger partial charge on any atom is -0.336 e. The predicted octanol–water partition coefficient (Wildman–Crippen LogP) is 3.60. The predicted molar refractivity (Wildman–Crippen MR) is 126 cm³/mol. The van der Waals surface area contributed by atoms with Crippen LogP contribution in [0.5, 0.6) is 0 Å². The molecule has 1 amide bonds. The monoisotopic (exact) mass is 455 g/mol. The number of nitrogens with zero attached hydrogens (tertiary/aromatic N) is 3. The molecule has 0 saturated carbocycles. The molecule has 0 spiro atoms. The van der Waals surface area contributed by atoms with Gasteiger partial charge >= 0.3 is 0 Å². The van der Waals surface area contributed by atoms with Crippen LogP contribution in [0.15, 0.2) is 59.5 Å². The number of carbonyl (C=O) groups is 1. The first-order valence-electron chi connectivity index (χ1n) is 11.7. The summed E-state index contributed by atoms with van der Waals surface area (Å²) >= 11 is 0. The van der Waals surface area contributed by atoms with Crippen LogP contribution in [0.3, 0.4) is 0 Å². The van der Waals surface area contributed by atoms with Crippen molar-refractivity contribution < 1.29 is 13.2 Å². The standard InChI is InChI=1S/C25H33N3O3S/c1-2-23-12-6-7-14-28(23)25(29)22-11-8-13-24(19-22)32(30,31)27-17-15-26(16-18-27)20-21-9-4-3-5-10-21/h3-5,8-11,13,19,23H,2,6-7,12,14-18,20H2,1H3. The summed E-state index contributed by atoms with van der Waals surface area (Å²) in [5, 5.41) is 0. The average Bonchev–Trinajstić information content (AvgIpc) is 2.84. The van der Waals surface area contributed by atoms with E-state index in [0.717, 1.165) is 38.8 Å². The van der Waals surface area contributed by atoms with Gasteiger partial charge in [-0.15, -0.1) is 0 Å². The molecule has 6 nitrogen and oxygen atoms in total. The van der Waals surface area contributed by atoms with Gasteiger partial charge in [-0.2, -0.15) is 4.31 Å². The molecule has 0 N–H and O–H groups in total. The molecule has 2 fully saturated rings. The maximum absolute atomic E-state index is 13.3. The summed E-state index contributed by atoms with van der Waals surface area (Å²) in [6.07, 6.45) is 4.10. The van der Waals surface area contributed by atoms with Gasteiger partial charge in [-0.1, -0.05) is 43.3 Å². The van der Waals surface area contributed by atoms with Gasteiger partial charge in [-0.3, -0.25) is 9.69 Å². The zero-order chi connectivity index (χ0) is 22.6. The topological polar surface area (TPSA) is 60.9 Å². The minimum atomic E-state index is -3.63. The van der Waals surface area contributed by atoms with Crippen LogP contribution in [-0.2, 0) is 16.6 Å². The number of benzene rings is 2. The lowest BCUT2D eigenvalue weighted by Gasteiger charge is -2.35. The Balaban J connectivity index is 1.44. The first-order valence-corrected chi connectivity index (χ1v) is 13.1. The third-order valence-corrected chi connectivity index (χ3v) is 8.55. The number of likely N-dealkylation sites (tertiary alicyclic amines) is 1.